The van der Waals surface area contributed by atoms with Gasteiger partial charge in [-0.25, -0.2) is 0 Å². The van der Waals surface area contributed by atoms with Gasteiger partial charge in [-0.05, 0) is 34.9 Å². The second-order valence-corrected chi connectivity index (χ2v) is 23.3. The monoisotopic (exact) mass is 1440 g/mol. The average molecular weight is 1440 g/mol. The molecule has 10 rings (SSSR count). The molecule has 0 amide bonds. The second-order valence-electron chi connectivity index (χ2n) is 23.3. The number of ether oxygens (including phenoxy) is 10. The Balaban J connectivity index is 0.978. The summed E-state index contributed by atoms with van der Waals surface area (Å²) < 4.78 is 61.7. The van der Waals surface area contributed by atoms with Crippen molar-refractivity contribution in [3.8, 4) is 51.7 Å². The zero-order chi connectivity index (χ0) is 73.9. The largest absolute Gasteiger partial charge is 0.493 e. The molecule has 0 saturated carbocycles. The quantitative estimate of drug-likeness (QED) is 0.0233. The Hall–Kier alpha value is -11.2. The molecule has 0 spiro atoms. The van der Waals surface area contributed by atoms with E-state index in [0.717, 1.165) is 0 Å². The van der Waals surface area contributed by atoms with Gasteiger partial charge in [0.2, 0.25) is 0 Å². The van der Waals surface area contributed by atoms with Crippen LogP contribution in [0.1, 0.15) is 119 Å². The number of aliphatic hydroxyl groups excluding tert-OH is 11. The summed E-state index contributed by atoms with van der Waals surface area (Å²) in [4.78, 5) is 50.9. The van der Waals surface area contributed by atoms with Crippen LogP contribution >= 0.6 is 0 Å². The molecule has 550 valence electrons. The fourth-order valence-electron chi connectivity index (χ4n) is 10.6. The average Bonchev–Trinajstić information content (AvgIpc) is 0.842. The highest BCUT2D eigenvalue weighted by atomic mass is 16.5. The van der Waals surface area contributed by atoms with Crippen molar-refractivity contribution in [2.45, 2.75) is 139 Å². The van der Waals surface area contributed by atoms with Crippen LogP contribution in [0.25, 0.3) is 0 Å². The minimum absolute atomic E-state index is 0.0429. The molecule has 0 aliphatic carbocycles. The summed E-state index contributed by atoms with van der Waals surface area (Å²) in [5, 5.41) is 109. The number of carbonyl (C=O) groups is 1. The van der Waals surface area contributed by atoms with Crippen molar-refractivity contribution < 1.29 is 108 Å². The Bertz CT molecular complexity index is 4080. The molecule has 9 heterocycles. The Kier molecular flexibility index (Phi) is 28.3. The third-order valence-corrected chi connectivity index (χ3v) is 15.1. The molecule has 31 nitrogen and oxygen atoms in total. The van der Waals surface area contributed by atoms with Crippen LogP contribution in [0.2, 0.25) is 0 Å². The highest BCUT2D eigenvalue weighted by Crippen LogP contribution is 2.29. The Morgan fingerprint density at radius 2 is 0.381 bits per heavy atom. The van der Waals surface area contributed by atoms with Gasteiger partial charge in [0.15, 0.2) is 0 Å². The summed E-state index contributed by atoms with van der Waals surface area (Å²) in [5.41, 5.74) is 7.86. The summed E-state index contributed by atoms with van der Waals surface area (Å²) >= 11 is 0. The summed E-state index contributed by atoms with van der Waals surface area (Å²) in [6, 6.07) is 34.3. The summed E-state index contributed by atoms with van der Waals surface area (Å²) in [5.74, 6) is 2.95. The normalized spacial score (nSPS) is 11.1. The molecule has 0 aliphatic rings. The summed E-state index contributed by atoms with van der Waals surface area (Å²) in [6.45, 7) is -4.89. The molecule has 0 aliphatic heterocycles. The van der Waals surface area contributed by atoms with Gasteiger partial charge in [0, 0.05) is 121 Å². The van der Waals surface area contributed by atoms with E-state index in [-0.39, 0.29) is 143 Å². The smallest absolute Gasteiger partial charge is 0.293 e. The van der Waals surface area contributed by atoms with Crippen LogP contribution in [0.3, 0.4) is 0 Å². The van der Waals surface area contributed by atoms with Crippen LogP contribution in [0.15, 0.2) is 127 Å². The molecule has 11 N–H and O–H groups in total. The van der Waals surface area contributed by atoms with Crippen molar-refractivity contribution in [1.82, 2.24) is 44.9 Å². The fraction of sp³-hybridized carbons (Fsp3) is 0.297. The maximum absolute atomic E-state index is 11.1. The summed E-state index contributed by atoms with van der Waals surface area (Å²) in [7, 11) is 0. The van der Waals surface area contributed by atoms with E-state index < -0.39 is 59.5 Å². The molecule has 0 unspecified atom stereocenters. The van der Waals surface area contributed by atoms with Crippen LogP contribution in [0.4, 0.5) is 0 Å². The first-order valence-electron chi connectivity index (χ1n) is 32.7. The number of rotatable bonds is 42. The van der Waals surface area contributed by atoms with E-state index in [2.05, 4.69) is 29.9 Å². The topological polar surface area (TPSA) is 448 Å². The van der Waals surface area contributed by atoms with Crippen molar-refractivity contribution in [2.24, 2.45) is 0 Å². The molecule has 0 saturated heterocycles. The molecule has 9 aromatic heterocycles. The van der Waals surface area contributed by atoms with Gasteiger partial charge in [0.1, 0.15) is 111 Å². The first-order valence-corrected chi connectivity index (χ1v) is 32.7. The minimum Gasteiger partial charge on any atom is -0.493 e. The maximum Gasteiger partial charge on any atom is 0.293 e. The highest BCUT2D eigenvalue weighted by molar-refractivity contribution is 5.39. The number of pyridine rings is 9. The third kappa shape index (κ3) is 23.4. The van der Waals surface area contributed by atoms with Crippen LogP contribution in [-0.4, -0.2) is 114 Å². The van der Waals surface area contributed by atoms with E-state index in [1.807, 2.05) is 18.2 Å². The number of hydrogen-bond donors (Lipinski definition) is 11. The second kappa shape index (κ2) is 38.9. The lowest BCUT2D eigenvalue weighted by Gasteiger charge is -2.16. The van der Waals surface area contributed by atoms with Crippen LogP contribution in [0.5, 0.6) is 51.7 Å². The first-order chi connectivity index (χ1) is 51.2. The van der Waals surface area contributed by atoms with E-state index in [0.29, 0.717) is 120 Å². The lowest BCUT2D eigenvalue weighted by molar-refractivity contribution is -0.129. The van der Waals surface area contributed by atoms with Gasteiger partial charge in [-0.2, -0.15) is 0 Å². The van der Waals surface area contributed by atoms with Gasteiger partial charge in [0.25, 0.3) is 6.47 Å². The van der Waals surface area contributed by atoms with Crippen LogP contribution in [-0.2, 0) is 148 Å². The summed E-state index contributed by atoms with van der Waals surface area (Å²) in [6.07, 6.45) is 0.240. The zero-order valence-corrected chi connectivity index (χ0v) is 56.7. The highest BCUT2D eigenvalue weighted by Gasteiger charge is 2.17. The lowest BCUT2D eigenvalue weighted by atomic mass is 10.1. The van der Waals surface area contributed by atoms with Gasteiger partial charge in [-0.1, -0.05) is 0 Å². The molecule has 1 aromatic carbocycles. The SMILES string of the molecule is O=COCc1cc(OCc2cc(OCc3cc(COc4cc(COc5cc(CO)nc(CO)c5)nc(COc5cc(CO)nc(CO)c5)c4)cc(COc4cc(COc5cc(CO)nc(CO)c5)nc(COc5cc(CO)nc(CO)c5)c4)c3)cc(CCOc3cc(CO)nc(CO)c3)n2)cc(CO)n1. The predicted molar refractivity (Wildman–Crippen MR) is 364 cm³/mol. The van der Waals surface area contributed by atoms with E-state index in [9.17, 15) is 61.0 Å². The van der Waals surface area contributed by atoms with Crippen molar-refractivity contribution in [2.75, 3.05) is 6.61 Å². The zero-order valence-electron chi connectivity index (χ0n) is 56.7. The number of aliphatic hydroxyl groups is 11. The predicted octanol–water partition coefficient (Wildman–Crippen LogP) is 4.58. The Labute approximate surface area is 600 Å². The molecule has 105 heavy (non-hydrogen) atoms. The molecule has 0 atom stereocenters. The Morgan fingerprint density at radius 1 is 0.210 bits per heavy atom. The fourth-order valence-corrected chi connectivity index (χ4v) is 10.6. The minimum atomic E-state index is -0.419. The molecule has 0 radical (unpaired) electrons. The molecule has 31 heteroatoms. The van der Waals surface area contributed by atoms with Crippen molar-refractivity contribution in [1.29, 1.82) is 0 Å². The van der Waals surface area contributed by atoms with Gasteiger partial charge < -0.3 is 104 Å². The van der Waals surface area contributed by atoms with Gasteiger partial charge in [-0.3, -0.25) is 49.7 Å². The van der Waals surface area contributed by atoms with Crippen molar-refractivity contribution in [3.05, 3.63) is 247 Å². The molecule has 0 fully saturated rings. The molecule has 10 aromatic rings. The van der Waals surface area contributed by atoms with E-state index in [4.69, 9.17) is 62.3 Å². The number of carbonyl (C=O) groups excluding carboxylic acids is 1. The maximum atomic E-state index is 11.1. The van der Waals surface area contributed by atoms with Crippen LogP contribution in [0, 0.1) is 0 Å². The van der Waals surface area contributed by atoms with Gasteiger partial charge in [-0.15, -0.1) is 0 Å². The van der Waals surface area contributed by atoms with Gasteiger partial charge >= 0.3 is 0 Å². The molecule has 0 bridgehead atoms. The third-order valence-electron chi connectivity index (χ3n) is 15.1. The number of benzene rings is 1. The van der Waals surface area contributed by atoms with Crippen LogP contribution < -0.4 is 42.6 Å². The van der Waals surface area contributed by atoms with Crippen molar-refractivity contribution in [3.63, 3.8) is 0 Å². The number of hydrogen-bond acceptors (Lipinski definition) is 31. The number of aromatic nitrogens is 9. The van der Waals surface area contributed by atoms with E-state index in [1.165, 1.54) is 48.5 Å². The lowest BCUT2D eigenvalue weighted by Crippen LogP contribution is -2.09. The number of nitrogens with zero attached hydrogens (tertiary/aromatic N) is 9. The van der Waals surface area contributed by atoms with Crippen molar-refractivity contribution >= 4 is 6.47 Å². The Morgan fingerprint density at radius 3 is 0.610 bits per heavy atom. The standard InChI is InChI=1S/C74H77N9O22/c84-24-49-7-66(8-50(25-85)76-49)97-2-1-48-6-67(19-61(75-48)39-105-72-17-59(34-94)81-60(18-72)38-96-44-95)98-35-45-3-46(36-99-73-20-62(40-101-68-9-51(26-86)77-52(10-68)27-87)82-63(21-73)41-102-69-11-53(28-88)78-54(12-69)29-89)5-47(4-45)37-100-74-22-64(42-103-70-13-55(30-90)79-56(14-70)31-91)83-65(23-74)43-104-71-15-57(32-92)80-58(16-71)33-93/h3-23,44,84-94H,1-2,24-43H2. The van der Waals surface area contributed by atoms with E-state index >= 15 is 0 Å². The van der Waals surface area contributed by atoms with Gasteiger partial charge in [0.05, 0.1) is 176 Å². The van der Waals surface area contributed by atoms with E-state index in [1.54, 1.807) is 60.7 Å². The molecular formula is C74H77N9O22. The first kappa shape index (κ1) is 76.4. The molecular weight excluding hydrogens is 1370 g/mol.